The van der Waals surface area contributed by atoms with Crippen molar-refractivity contribution < 1.29 is 18.0 Å². The lowest BCUT2D eigenvalue weighted by Gasteiger charge is -2.39. The molecule has 0 aliphatic carbocycles. The number of piperidine rings is 1. The quantitative estimate of drug-likeness (QED) is 0.444. The lowest BCUT2D eigenvalue weighted by atomic mass is 10.0. The smallest absolute Gasteiger partial charge is 0.238 e. The first-order valence-corrected chi connectivity index (χ1v) is 14.3. The van der Waals surface area contributed by atoms with Crippen LogP contribution in [0.25, 0.3) is 0 Å². The van der Waals surface area contributed by atoms with Crippen molar-refractivity contribution in [1.29, 1.82) is 0 Å². The van der Waals surface area contributed by atoms with Crippen LogP contribution in [-0.2, 0) is 26.2 Å². The summed E-state index contributed by atoms with van der Waals surface area (Å²) in [5.41, 5.74) is 2.17. The van der Waals surface area contributed by atoms with Crippen LogP contribution < -0.4 is 0 Å². The minimum absolute atomic E-state index is 0.0196. The predicted molar refractivity (Wildman–Crippen MR) is 137 cm³/mol. The minimum Gasteiger partial charge on any atom is -0.343 e. The maximum atomic E-state index is 13.7. The molecule has 8 heteroatoms. The number of carbonyl (C=O) groups is 2. The molecule has 2 amide bonds. The number of hydrogen-bond acceptors (Lipinski definition) is 4. The van der Waals surface area contributed by atoms with Gasteiger partial charge in [-0.1, -0.05) is 52.0 Å². The Balaban J connectivity index is 2.26. The fourth-order valence-corrected chi connectivity index (χ4v) is 5.85. The molecule has 34 heavy (non-hydrogen) atoms. The van der Waals surface area contributed by atoms with Gasteiger partial charge >= 0.3 is 0 Å². The fourth-order valence-electron chi connectivity index (χ4n) is 4.39. The van der Waals surface area contributed by atoms with E-state index in [1.807, 2.05) is 54.8 Å². The highest BCUT2D eigenvalue weighted by Gasteiger charge is 2.32. The molecule has 1 aliphatic rings. The van der Waals surface area contributed by atoms with Gasteiger partial charge in [-0.15, -0.1) is 0 Å². The molecule has 0 unspecified atom stereocenters. The number of nitrogens with zero attached hydrogens (tertiary/aromatic N) is 3. The van der Waals surface area contributed by atoms with E-state index in [2.05, 4.69) is 13.8 Å². The number of benzene rings is 1. The molecule has 1 aromatic carbocycles. The molecular weight excluding hydrogens is 450 g/mol. The molecule has 1 aromatic rings. The summed E-state index contributed by atoms with van der Waals surface area (Å²) in [7, 11) is -3.50. The second-order valence-corrected chi connectivity index (χ2v) is 11.8. The molecule has 0 radical (unpaired) electrons. The first-order chi connectivity index (χ1) is 16.1. The van der Waals surface area contributed by atoms with Crippen LogP contribution >= 0.6 is 0 Å². The molecular formula is C26H43N3O4S. The van der Waals surface area contributed by atoms with Gasteiger partial charge in [0.2, 0.25) is 21.8 Å². The molecule has 0 N–H and O–H groups in total. The van der Waals surface area contributed by atoms with Crippen molar-refractivity contribution in [2.45, 2.75) is 79.3 Å². The van der Waals surface area contributed by atoms with Gasteiger partial charge in [-0.3, -0.25) is 9.59 Å². The van der Waals surface area contributed by atoms with Crippen molar-refractivity contribution in [3.63, 3.8) is 0 Å². The average Bonchev–Trinajstić information content (AvgIpc) is 2.80. The fraction of sp³-hybridized carbons (Fsp3) is 0.692. The van der Waals surface area contributed by atoms with Gasteiger partial charge in [0.1, 0.15) is 0 Å². The topological polar surface area (TPSA) is 78.0 Å². The molecule has 0 atom stereocenters. The largest absolute Gasteiger partial charge is 0.343 e. The first kappa shape index (κ1) is 28.3. The Hall–Kier alpha value is -1.93. The van der Waals surface area contributed by atoms with Gasteiger partial charge in [0.25, 0.3) is 0 Å². The van der Waals surface area contributed by atoms with Crippen LogP contribution in [0.15, 0.2) is 24.3 Å². The number of hydrogen-bond donors (Lipinski definition) is 0. The van der Waals surface area contributed by atoms with Crippen LogP contribution in [0.3, 0.4) is 0 Å². The van der Waals surface area contributed by atoms with E-state index in [9.17, 15) is 18.0 Å². The monoisotopic (exact) mass is 493 g/mol. The van der Waals surface area contributed by atoms with Crippen molar-refractivity contribution in [2.24, 2.45) is 5.92 Å². The Morgan fingerprint density at radius 2 is 1.76 bits per heavy atom. The minimum atomic E-state index is -3.50. The van der Waals surface area contributed by atoms with Gasteiger partial charge in [-0.25, -0.2) is 8.42 Å². The van der Waals surface area contributed by atoms with E-state index in [4.69, 9.17) is 0 Å². The highest BCUT2D eigenvalue weighted by atomic mass is 32.2. The Morgan fingerprint density at radius 1 is 1.12 bits per heavy atom. The Bertz CT molecular complexity index is 908. The van der Waals surface area contributed by atoms with Crippen molar-refractivity contribution in [3.05, 3.63) is 35.4 Å². The van der Waals surface area contributed by atoms with E-state index in [0.29, 0.717) is 64.2 Å². The van der Waals surface area contributed by atoms with Gasteiger partial charge < -0.3 is 9.80 Å². The summed E-state index contributed by atoms with van der Waals surface area (Å²) in [4.78, 5) is 29.5. The van der Waals surface area contributed by atoms with Crippen LogP contribution in [0.1, 0.15) is 70.9 Å². The number of aryl methyl sites for hydroxylation is 1. The zero-order valence-corrected chi connectivity index (χ0v) is 22.4. The predicted octanol–water partition coefficient (Wildman–Crippen LogP) is 3.81. The maximum Gasteiger partial charge on any atom is 0.238 e. The molecule has 2 rings (SSSR count). The van der Waals surface area contributed by atoms with Crippen LogP contribution in [0, 0.1) is 12.8 Å². The molecule has 192 valence electrons. The van der Waals surface area contributed by atoms with Crippen molar-refractivity contribution in [1.82, 2.24) is 14.1 Å². The molecule has 0 bridgehead atoms. The third-order valence-corrected chi connectivity index (χ3v) is 8.63. The summed E-state index contributed by atoms with van der Waals surface area (Å²) >= 11 is 0. The first-order valence-electron chi connectivity index (χ1n) is 12.7. The number of carbonyl (C=O) groups excluding carboxylic acids is 2. The van der Waals surface area contributed by atoms with E-state index in [-0.39, 0.29) is 30.2 Å². The Kier molecular flexibility index (Phi) is 11.0. The van der Waals surface area contributed by atoms with E-state index < -0.39 is 10.0 Å². The van der Waals surface area contributed by atoms with Crippen molar-refractivity contribution >= 4 is 21.8 Å². The zero-order valence-electron chi connectivity index (χ0n) is 21.6. The summed E-state index contributed by atoms with van der Waals surface area (Å²) in [6.45, 7) is 11.8. The van der Waals surface area contributed by atoms with E-state index in [1.54, 1.807) is 0 Å². The molecule has 7 nitrogen and oxygen atoms in total. The SMILES string of the molecule is CCCS(=O)(=O)N(CCC(C)C)CC(=O)N(Cc1ccccc1C)C1CCN(C(=O)CC)CC1. The Morgan fingerprint density at radius 3 is 2.32 bits per heavy atom. The highest BCUT2D eigenvalue weighted by Crippen LogP contribution is 2.22. The van der Waals surface area contributed by atoms with Crippen molar-refractivity contribution in [3.8, 4) is 0 Å². The van der Waals surface area contributed by atoms with Crippen molar-refractivity contribution in [2.75, 3.05) is 31.9 Å². The zero-order chi connectivity index (χ0) is 25.3. The van der Waals surface area contributed by atoms with Gasteiger partial charge in [-0.2, -0.15) is 4.31 Å². The number of rotatable bonds is 12. The third-order valence-electron chi connectivity index (χ3n) is 6.61. The molecule has 1 saturated heterocycles. The summed E-state index contributed by atoms with van der Waals surface area (Å²) in [6, 6.07) is 7.98. The summed E-state index contributed by atoms with van der Waals surface area (Å²) in [5.74, 6) is 0.374. The van der Waals surface area contributed by atoms with Gasteiger partial charge in [0.15, 0.2) is 0 Å². The van der Waals surface area contributed by atoms with Crippen LogP contribution in [0.4, 0.5) is 0 Å². The van der Waals surface area contributed by atoms with Crippen LogP contribution in [0.5, 0.6) is 0 Å². The molecule has 0 aromatic heterocycles. The number of likely N-dealkylation sites (tertiary alicyclic amines) is 1. The molecule has 1 fully saturated rings. The van der Waals surface area contributed by atoms with Gasteiger partial charge in [0, 0.05) is 38.6 Å². The van der Waals surface area contributed by atoms with E-state index in [1.165, 1.54) is 4.31 Å². The normalized spacial score (nSPS) is 15.2. The lowest BCUT2D eigenvalue weighted by molar-refractivity contribution is -0.137. The van der Waals surface area contributed by atoms with Gasteiger partial charge in [0.05, 0.1) is 12.3 Å². The molecule has 1 heterocycles. The number of amides is 2. The van der Waals surface area contributed by atoms with E-state index in [0.717, 1.165) is 11.1 Å². The number of sulfonamides is 1. The third kappa shape index (κ3) is 8.08. The maximum absolute atomic E-state index is 13.7. The molecule has 0 spiro atoms. The summed E-state index contributed by atoms with van der Waals surface area (Å²) in [5, 5.41) is 0. The second-order valence-electron chi connectivity index (χ2n) is 9.75. The van der Waals surface area contributed by atoms with Gasteiger partial charge in [-0.05, 0) is 49.7 Å². The summed E-state index contributed by atoms with van der Waals surface area (Å²) in [6.07, 6.45) is 3.13. The summed E-state index contributed by atoms with van der Waals surface area (Å²) < 4.78 is 27.3. The van der Waals surface area contributed by atoms with E-state index >= 15 is 0 Å². The molecule has 0 saturated carbocycles. The second kappa shape index (κ2) is 13.2. The lowest BCUT2D eigenvalue weighted by Crippen LogP contribution is -2.51. The highest BCUT2D eigenvalue weighted by molar-refractivity contribution is 7.89. The average molecular weight is 494 g/mol. The van der Waals surface area contributed by atoms with Crippen LogP contribution in [0.2, 0.25) is 0 Å². The molecule has 1 aliphatic heterocycles. The Labute approximate surface area is 206 Å². The standard InChI is InChI=1S/C26H43N3O4S/c1-6-18-34(32,33)28(17-12-21(3)4)20-26(31)29(19-23-11-9-8-10-22(23)5)24-13-15-27(16-14-24)25(30)7-2/h8-11,21,24H,6-7,12-20H2,1-5H3. The van der Waals surface area contributed by atoms with Crippen LogP contribution in [-0.4, -0.2) is 72.3 Å².